The number of pyridine rings is 1. The second kappa shape index (κ2) is 15.9. The van der Waals surface area contributed by atoms with Gasteiger partial charge in [-0.25, -0.2) is 0 Å². The molecule has 0 aliphatic carbocycles. The normalized spacial score (nSPS) is 11.6. The van der Waals surface area contributed by atoms with Crippen molar-refractivity contribution in [2.45, 2.75) is 23.5 Å². The summed E-state index contributed by atoms with van der Waals surface area (Å²) in [4.78, 5) is 44.4. The number of para-hydroxylation sites is 1. The van der Waals surface area contributed by atoms with E-state index in [-0.39, 0.29) is 16.9 Å². The van der Waals surface area contributed by atoms with Gasteiger partial charge >= 0.3 is 0 Å². The summed E-state index contributed by atoms with van der Waals surface area (Å²) in [7, 11) is 0. The topological polar surface area (TPSA) is 109 Å². The molecular weight excluding hydrogens is 596 g/mol. The Morgan fingerprint density at radius 2 is 1.50 bits per heavy atom. The average molecular weight is 629 g/mol. The van der Waals surface area contributed by atoms with Crippen molar-refractivity contribution in [1.82, 2.24) is 10.3 Å². The highest BCUT2D eigenvalue weighted by atomic mass is 32.2. The van der Waals surface area contributed by atoms with E-state index >= 15 is 0 Å². The van der Waals surface area contributed by atoms with Crippen molar-refractivity contribution in [3.8, 4) is 11.5 Å². The molecular formula is C37H32N4O4S. The van der Waals surface area contributed by atoms with Crippen LogP contribution in [0.25, 0.3) is 6.08 Å². The predicted molar refractivity (Wildman–Crippen MR) is 183 cm³/mol. The Morgan fingerprint density at radius 3 is 2.20 bits per heavy atom. The highest BCUT2D eigenvalue weighted by molar-refractivity contribution is 8.00. The molecule has 3 N–H and O–H groups in total. The molecule has 0 aliphatic rings. The number of nitrogens with zero attached hydrogens (tertiary/aromatic N) is 1. The lowest BCUT2D eigenvalue weighted by molar-refractivity contribution is -0.116. The molecule has 1 atom stereocenters. The first-order valence-corrected chi connectivity index (χ1v) is 15.5. The lowest BCUT2D eigenvalue weighted by Crippen LogP contribution is -2.30. The van der Waals surface area contributed by atoms with Crippen LogP contribution in [-0.2, 0) is 9.59 Å². The Morgan fingerprint density at radius 1 is 0.783 bits per heavy atom. The van der Waals surface area contributed by atoms with Gasteiger partial charge in [0, 0.05) is 34.2 Å². The fourth-order valence-electron chi connectivity index (χ4n) is 4.36. The quantitative estimate of drug-likeness (QED) is 0.0961. The fraction of sp³-hybridized carbons (Fsp3) is 0.0811. The van der Waals surface area contributed by atoms with Gasteiger partial charge in [-0.1, -0.05) is 55.5 Å². The summed E-state index contributed by atoms with van der Waals surface area (Å²) in [5.41, 5.74) is 2.32. The molecule has 0 saturated heterocycles. The molecule has 0 bridgehead atoms. The summed E-state index contributed by atoms with van der Waals surface area (Å²) < 4.78 is 5.83. The third-order valence-corrected chi connectivity index (χ3v) is 8.02. The molecule has 1 aromatic heterocycles. The van der Waals surface area contributed by atoms with E-state index in [1.807, 2.05) is 61.5 Å². The summed E-state index contributed by atoms with van der Waals surface area (Å²) in [6, 6.07) is 36.1. The SMILES string of the molecule is CCC(Sc1cccc(NC(=O)/C(=C/c2cccnc2)NC(=O)c2ccccc2)c1)C(=O)Nc1ccc(Oc2ccccc2)cc1. The lowest BCUT2D eigenvalue weighted by atomic mass is 10.2. The lowest BCUT2D eigenvalue weighted by Gasteiger charge is -2.16. The molecule has 1 unspecified atom stereocenters. The van der Waals surface area contributed by atoms with E-state index < -0.39 is 11.8 Å². The molecule has 230 valence electrons. The number of carbonyl (C=O) groups is 3. The van der Waals surface area contributed by atoms with Crippen LogP contribution in [0, 0.1) is 0 Å². The van der Waals surface area contributed by atoms with Crippen LogP contribution in [0.15, 0.2) is 144 Å². The maximum atomic E-state index is 13.4. The number of ether oxygens (including phenoxy) is 1. The number of rotatable bonds is 12. The Balaban J connectivity index is 1.23. The smallest absolute Gasteiger partial charge is 0.272 e. The van der Waals surface area contributed by atoms with Crippen LogP contribution in [0.2, 0.25) is 0 Å². The van der Waals surface area contributed by atoms with E-state index in [1.54, 1.807) is 85.2 Å². The van der Waals surface area contributed by atoms with E-state index in [4.69, 9.17) is 4.74 Å². The van der Waals surface area contributed by atoms with Crippen molar-refractivity contribution >= 4 is 46.9 Å². The Bertz CT molecular complexity index is 1800. The largest absolute Gasteiger partial charge is 0.457 e. The Hall–Kier alpha value is -5.67. The standard InChI is InChI=1S/C37H32N4O4S/c1-2-34(37(44)39-28-18-20-31(21-19-28)45-30-15-7-4-8-16-30)46-32-17-9-14-29(24-32)40-36(43)33(23-26-11-10-22-38-25-26)41-35(42)27-12-5-3-6-13-27/h3-25,34H,2H2,1H3,(H,39,44)(H,40,43)(H,41,42)/b33-23-. The molecule has 0 spiro atoms. The van der Waals surface area contributed by atoms with Crippen molar-refractivity contribution in [2.24, 2.45) is 0 Å². The van der Waals surface area contributed by atoms with Gasteiger partial charge in [0.15, 0.2) is 0 Å². The molecule has 5 aromatic rings. The first kappa shape index (κ1) is 31.7. The average Bonchev–Trinajstić information content (AvgIpc) is 3.09. The van der Waals surface area contributed by atoms with E-state index in [1.165, 1.54) is 11.8 Å². The van der Waals surface area contributed by atoms with Crippen LogP contribution in [-0.4, -0.2) is 28.0 Å². The maximum absolute atomic E-state index is 13.4. The minimum absolute atomic E-state index is 0.0610. The molecule has 0 radical (unpaired) electrons. The van der Waals surface area contributed by atoms with Crippen LogP contribution in [0.4, 0.5) is 11.4 Å². The van der Waals surface area contributed by atoms with Gasteiger partial charge in [0.25, 0.3) is 11.8 Å². The summed E-state index contributed by atoms with van der Waals surface area (Å²) in [5, 5.41) is 8.21. The Labute approximate surface area is 271 Å². The van der Waals surface area contributed by atoms with E-state index in [0.29, 0.717) is 34.7 Å². The third kappa shape index (κ3) is 9.17. The van der Waals surface area contributed by atoms with E-state index in [0.717, 1.165) is 10.6 Å². The van der Waals surface area contributed by atoms with Crippen LogP contribution in [0.5, 0.6) is 11.5 Å². The van der Waals surface area contributed by atoms with Crippen molar-refractivity contribution in [3.63, 3.8) is 0 Å². The second-order valence-electron chi connectivity index (χ2n) is 10.1. The number of benzene rings is 4. The number of hydrogen-bond donors (Lipinski definition) is 3. The first-order chi connectivity index (χ1) is 22.5. The van der Waals surface area contributed by atoms with Gasteiger partial charge in [0.2, 0.25) is 5.91 Å². The number of nitrogens with one attached hydrogen (secondary N) is 3. The highest BCUT2D eigenvalue weighted by Gasteiger charge is 2.19. The van der Waals surface area contributed by atoms with Crippen LogP contribution in [0.1, 0.15) is 29.3 Å². The third-order valence-electron chi connectivity index (χ3n) is 6.66. The van der Waals surface area contributed by atoms with Crippen molar-refractivity contribution in [1.29, 1.82) is 0 Å². The number of carbonyl (C=O) groups excluding carboxylic acids is 3. The first-order valence-electron chi connectivity index (χ1n) is 14.7. The summed E-state index contributed by atoms with van der Waals surface area (Å²) in [6.07, 6.45) is 5.39. The molecule has 46 heavy (non-hydrogen) atoms. The van der Waals surface area contributed by atoms with Gasteiger partial charge in [-0.2, -0.15) is 0 Å². The molecule has 0 fully saturated rings. The molecule has 9 heteroatoms. The molecule has 8 nitrogen and oxygen atoms in total. The van der Waals surface area contributed by atoms with Crippen LogP contribution >= 0.6 is 11.8 Å². The van der Waals surface area contributed by atoms with Crippen LogP contribution in [0.3, 0.4) is 0 Å². The van der Waals surface area contributed by atoms with E-state index in [9.17, 15) is 14.4 Å². The van der Waals surface area contributed by atoms with Crippen molar-refractivity contribution in [2.75, 3.05) is 10.6 Å². The van der Waals surface area contributed by atoms with E-state index in [2.05, 4.69) is 20.9 Å². The minimum Gasteiger partial charge on any atom is -0.457 e. The predicted octanol–water partition coefficient (Wildman–Crippen LogP) is 7.79. The zero-order valence-corrected chi connectivity index (χ0v) is 25.9. The number of anilines is 2. The number of amides is 3. The zero-order chi connectivity index (χ0) is 32.1. The molecule has 1 heterocycles. The molecule has 3 amide bonds. The van der Waals surface area contributed by atoms with Gasteiger partial charge in [0.1, 0.15) is 17.2 Å². The molecule has 0 saturated carbocycles. The number of thioether (sulfide) groups is 1. The van der Waals surface area contributed by atoms with Gasteiger partial charge in [-0.05, 0) is 90.9 Å². The summed E-state index contributed by atoms with van der Waals surface area (Å²) in [6.45, 7) is 1.95. The number of aromatic nitrogens is 1. The molecule has 4 aromatic carbocycles. The van der Waals surface area contributed by atoms with Gasteiger partial charge < -0.3 is 20.7 Å². The summed E-state index contributed by atoms with van der Waals surface area (Å²) >= 11 is 1.40. The molecule has 0 aliphatic heterocycles. The Kier molecular flexibility index (Phi) is 11.0. The van der Waals surface area contributed by atoms with Gasteiger partial charge in [-0.3, -0.25) is 19.4 Å². The molecule has 5 rings (SSSR count). The highest BCUT2D eigenvalue weighted by Crippen LogP contribution is 2.29. The van der Waals surface area contributed by atoms with Gasteiger partial charge in [0.05, 0.1) is 5.25 Å². The zero-order valence-electron chi connectivity index (χ0n) is 25.1. The van der Waals surface area contributed by atoms with Crippen LogP contribution < -0.4 is 20.7 Å². The second-order valence-corrected chi connectivity index (χ2v) is 11.4. The summed E-state index contributed by atoms with van der Waals surface area (Å²) in [5.74, 6) is 0.356. The maximum Gasteiger partial charge on any atom is 0.272 e. The monoisotopic (exact) mass is 628 g/mol. The number of hydrogen-bond acceptors (Lipinski definition) is 6. The fourth-order valence-corrected chi connectivity index (χ4v) is 5.37. The van der Waals surface area contributed by atoms with Crippen molar-refractivity contribution < 1.29 is 19.1 Å². The minimum atomic E-state index is -0.500. The van der Waals surface area contributed by atoms with Gasteiger partial charge in [-0.15, -0.1) is 11.8 Å². The van der Waals surface area contributed by atoms with Crippen molar-refractivity contribution in [3.05, 3.63) is 151 Å².